The van der Waals surface area contributed by atoms with E-state index in [1.165, 1.54) is 16.9 Å². The van der Waals surface area contributed by atoms with Gasteiger partial charge in [-0.15, -0.1) is 11.3 Å². The predicted molar refractivity (Wildman–Crippen MR) is 155 cm³/mol. The van der Waals surface area contributed by atoms with Gasteiger partial charge in [0.25, 0.3) is 5.91 Å². The second kappa shape index (κ2) is 10.3. The first-order valence-corrected chi connectivity index (χ1v) is 13.0. The predicted octanol–water partition coefficient (Wildman–Crippen LogP) is 7.95. The highest BCUT2D eigenvalue weighted by Crippen LogP contribution is 2.30. The molecule has 0 spiro atoms. The second-order valence-electron chi connectivity index (χ2n) is 8.74. The Balaban J connectivity index is 1.27. The Labute approximate surface area is 224 Å². The number of hydrogen-bond acceptors (Lipinski definition) is 5. The SMILES string of the molecule is COc1ccc(-c2cc(C(=O)Nc3nc(-c4ccc(-c5ccccc5)cc4)cs3)c3ccccc3n2)cc1. The number of carbonyl (C=O) groups is 1. The minimum atomic E-state index is -0.223. The molecule has 1 amide bonds. The van der Waals surface area contributed by atoms with Crippen molar-refractivity contribution < 1.29 is 9.53 Å². The van der Waals surface area contributed by atoms with Crippen LogP contribution in [0.5, 0.6) is 5.75 Å². The number of aromatic nitrogens is 2. The van der Waals surface area contributed by atoms with Crippen LogP contribution < -0.4 is 10.1 Å². The number of ether oxygens (including phenoxy) is 1. The molecule has 2 aromatic heterocycles. The lowest BCUT2D eigenvalue weighted by atomic mass is 10.0. The van der Waals surface area contributed by atoms with Crippen molar-refractivity contribution in [2.24, 2.45) is 0 Å². The van der Waals surface area contributed by atoms with E-state index >= 15 is 0 Å². The molecule has 0 aliphatic carbocycles. The number of benzene rings is 4. The first-order valence-electron chi connectivity index (χ1n) is 12.1. The first-order chi connectivity index (χ1) is 18.7. The van der Waals surface area contributed by atoms with E-state index in [0.29, 0.717) is 10.7 Å². The summed E-state index contributed by atoms with van der Waals surface area (Å²) in [5.41, 5.74) is 7.06. The van der Waals surface area contributed by atoms with Crippen LogP contribution >= 0.6 is 11.3 Å². The molecule has 0 bridgehead atoms. The van der Waals surface area contributed by atoms with Gasteiger partial charge in [-0.1, -0.05) is 72.8 Å². The number of carbonyl (C=O) groups excluding carboxylic acids is 1. The van der Waals surface area contributed by atoms with E-state index in [1.807, 2.05) is 78.2 Å². The van der Waals surface area contributed by atoms with Gasteiger partial charge >= 0.3 is 0 Å². The topological polar surface area (TPSA) is 64.1 Å². The number of anilines is 1. The van der Waals surface area contributed by atoms with Gasteiger partial charge < -0.3 is 4.74 Å². The van der Waals surface area contributed by atoms with E-state index in [0.717, 1.165) is 44.7 Å². The number of rotatable bonds is 6. The van der Waals surface area contributed by atoms with Gasteiger partial charge in [0, 0.05) is 21.9 Å². The summed E-state index contributed by atoms with van der Waals surface area (Å²) in [6, 6.07) is 35.7. The molecule has 0 aliphatic rings. The molecule has 2 heterocycles. The van der Waals surface area contributed by atoms with Gasteiger partial charge in [-0.05, 0) is 47.5 Å². The van der Waals surface area contributed by atoms with Gasteiger partial charge in [-0.2, -0.15) is 0 Å². The average molecular weight is 514 g/mol. The summed E-state index contributed by atoms with van der Waals surface area (Å²) >= 11 is 1.41. The maximum Gasteiger partial charge on any atom is 0.258 e. The van der Waals surface area contributed by atoms with Crippen LogP contribution in [0.3, 0.4) is 0 Å². The summed E-state index contributed by atoms with van der Waals surface area (Å²) < 4.78 is 5.27. The van der Waals surface area contributed by atoms with E-state index in [4.69, 9.17) is 9.72 Å². The van der Waals surface area contributed by atoms with Crippen LogP contribution in [-0.2, 0) is 0 Å². The number of amides is 1. The molecule has 6 rings (SSSR count). The van der Waals surface area contributed by atoms with Gasteiger partial charge in [0.05, 0.1) is 29.6 Å². The summed E-state index contributed by atoms with van der Waals surface area (Å²) in [6.45, 7) is 0. The summed E-state index contributed by atoms with van der Waals surface area (Å²) in [5, 5.41) is 6.29. The molecule has 5 nitrogen and oxygen atoms in total. The van der Waals surface area contributed by atoms with E-state index in [-0.39, 0.29) is 5.91 Å². The lowest BCUT2D eigenvalue weighted by molar-refractivity contribution is 0.102. The molecule has 0 saturated carbocycles. The Morgan fingerprint density at radius 2 is 1.34 bits per heavy atom. The minimum absolute atomic E-state index is 0.223. The fourth-order valence-corrected chi connectivity index (χ4v) is 5.08. The first kappa shape index (κ1) is 23.6. The molecule has 6 aromatic rings. The summed E-state index contributed by atoms with van der Waals surface area (Å²) in [4.78, 5) is 22.9. The van der Waals surface area contributed by atoms with Crippen LogP contribution in [0.2, 0.25) is 0 Å². The zero-order valence-electron chi connectivity index (χ0n) is 20.6. The van der Waals surface area contributed by atoms with E-state index in [1.54, 1.807) is 7.11 Å². The van der Waals surface area contributed by atoms with Crippen molar-refractivity contribution in [3.05, 3.63) is 120 Å². The number of hydrogen-bond donors (Lipinski definition) is 1. The van der Waals surface area contributed by atoms with E-state index < -0.39 is 0 Å². The highest BCUT2D eigenvalue weighted by Gasteiger charge is 2.16. The number of nitrogens with one attached hydrogen (secondary N) is 1. The number of para-hydroxylation sites is 1. The quantitative estimate of drug-likeness (QED) is 0.245. The largest absolute Gasteiger partial charge is 0.497 e. The number of thiazole rings is 1. The molecular weight excluding hydrogens is 490 g/mol. The summed E-state index contributed by atoms with van der Waals surface area (Å²) in [5.74, 6) is 0.542. The summed E-state index contributed by atoms with van der Waals surface area (Å²) in [6.07, 6.45) is 0. The normalized spacial score (nSPS) is 10.9. The van der Waals surface area contributed by atoms with Gasteiger partial charge in [0.1, 0.15) is 5.75 Å². The molecule has 184 valence electrons. The molecule has 4 aromatic carbocycles. The molecule has 0 fully saturated rings. The molecule has 0 radical (unpaired) electrons. The number of pyridine rings is 1. The molecule has 0 unspecified atom stereocenters. The van der Waals surface area contributed by atoms with Gasteiger partial charge in [-0.25, -0.2) is 9.97 Å². The third-order valence-electron chi connectivity index (χ3n) is 6.36. The molecule has 0 atom stereocenters. The average Bonchev–Trinajstić information content (AvgIpc) is 3.45. The van der Waals surface area contributed by atoms with Gasteiger partial charge in [-0.3, -0.25) is 10.1 Å². The van der Waals surface area contributed by atoms with E-state index in [9.17, 15) is 4.79 Å². The van der Waals surface area contributed by atoms with Gasteiger partial charge in [0.15, 0.2) is 5.13 Å². The minimum Gasteiger partial charge on any atom is -0.497 e. The van der Waals surface area contributed by atoms with Crippen molar-refractivity contribution >= 4 is 33.3 Å². The molecule has 6 heteroatoms. The monoisotopic (exact) mass is 513 g/mol. The van der Waals surface area contributed by atoms with Crippen LogP contribution in [0.15, 0.2) is 115 Å². The van der Waals surface area contributed by atoms with Crippen molar-refractivity contribution in [3.8, 4) is 39.4 Å². The van der Waals surface area contributed by atoms with Gasteiger partial charge in [0.2, 0.25) is 0 Å². The van der Waals surface area contributed by atoms with Crippen LogP contribution in [0.1, 0.15) is 10.4 Å². The maximum atomic E-state index is 13.5. The lowest BCUT2D eigenvalue weighted by Gasteiger charge is -2.10. The lowest BCUT2D eigenvalue weighted by Crippen LogP contribution is -2.13. The zero-order chi connectivity index (χ0) is 25.9. The number of nitrogens with zero attached hydrogens (tertiary/aromatic N) is 2. The molecular formula is C32H23N3O2S. The standard InChI is InChI=1S/C32H23N3O2S/c1-37-25-17-15-23(16-18-25)29-19-27(26-9-5-6-10-28(26)33-29)31(36)35-32-34-30(20-38-32)24-13-11-22(12-14-24)21-7-3-2-4-8-21/h2-20H,1H3,(H,34,35,36). The fraction of sp³-hybridized carbons (Fsp3) is 0.0312. The molecule has 38 heavy (non-hydrogen) atoms. The third kappa shape index (κ3) is 4.77. The molecule has 0 aliphatic heterocycles. The zero-order valence-corrected chi connectivity index (χ0v) is 21.4. The number of methoxy groups -OCH3 is 1. The van der Waals surface area contributed by atoms with Crippen molar-refractivity contribution in [1.82, 2.24) is 9.97 Å². The van der Waals surface area contributed by atoms with Crippen molar-refractivity contribution in [2.75, 3.05) is 12.4 Å². The van der Waals surface area contributed by atoms with E-state index in [2.05, 4.69) is 46.7 Å². The Kier molecular flexibility index (Phi) is 6.38. The Hall–Kier alpha value is -4.81. The maximum absolute atomic E-state index is 13.5. The van der Waals surface area contributed by atoms with Crippen LogP contribution in [0, 0.1) is 0 Å². The van der Waals surface area contributed by atoms with Crippen LogP contribution in [-0.4, -0.2) is 23.0 Å². The van der Waals surface area contributed by atoms with Crippen LogP contribution in [0.25, 0.3) is 44.5 Å². The molecule has 0 saturated heterocycles. The fourth-order valence-electron chi connectivity index (χ4n) is 4.37. The smallest absolute Gasteiger partial charge is 0.258 e. The van der Waals surface area contributed by atoms with Crippen molar-refractivity contribution in [2.45, 2.75) is 0 Å². The Morgan fingerprint density at radius 1 is 0.711 bits per heavy atom. The third-order valence-corrected chi connectivity index (χ3v) is 7.12. The van der Waals surface area contributed by atoms with Crippen molar-refractivity contribution in [3.63, 3.8) is 0 Å². The molecule has 1 N–H and O–H groups in total. The second-order valence-corrected chi connectivity index (χ2v) is 9.59. The summed E-state index contributed by atoms with van der Waals surface area (Å²) in [7, 11) is 1.63. The number of fused-ring (bicyclic) bond motifs is 1. The van der Waals surface area contributed by atoms with Crippen LogP contribution in [0.4, 0.5) is 5.13 Å². The Morgan fingerprint density at radius 3 is 2.11 bits per heavy atom. The van der Waals surface area contributed by atoms with Crippen molar-refractivity contribution in [1.29, 1.82) is 0 Å². The highest BCUT2D eigenvalue weighted by atomic mass is 32.1. The Bertz CT molecular complexity index is 1730. The highest BCUT2D eigenvalue weighted by molar-refractivity contribution is 7.14.